The van der Waals surface area contributed by atoms with Crippen LogP contribution in [0.15, 0.2) is 10.7 Å². The van der Waals surface area contributed by atoms with Crippen LogP contribution in [-0.2, 0) is 0 Å². The van der Waals surface area contributed by atoms with E-state index in [2.05, 4.69) is 32.7 Å². The number of halogens is 1. The zero-order chi connectivity index (χ0) is 11.0. The van der Waals surface area contributed by atoms with Crippen molar-refractivity contribution in [2.24, 2.45) is 0 Å². The highest BCUT2D eigenvalue weighted by atomic mass is 79.9. The van der Waals surface area contributed by atoms with Gasteiger partial charge in [0, 0.05) is 12.6 Å². The number of rotatable bonds is 1. The Labute approximate surface area is 98.8 Å². The van der Waals surface area contributed by atoms with E-state index in [0.717, 1.165) is 28.1 Å². The standard InChI is InChI=1S/C11H16BrN3/c1-7-4-3-5-15(7)11-10(12)8(2)9(13)6-14-11/h6-7H,3-5,13H2,1-2H3. The van der Waals surface area contributed by atoms with Crippen LogP contribution in [0.25, 0.3) is 0 Å². The molecule has 0 amide bonds. The smallest absolute Gasteiger partial charge is 0.143 e. The maximum atomic E-state index is 5.81. The zero-order valence-electron chi connectivity index (χ0n) is 9.13. The quantitative estimate of drug-likeness (QED) is 0.853. The Bertz CT molecular complexity index is 378. The normalized spacial score (nSPS) is 21.0. The molecule has 2 rings (SSSR count). The van der Waals surface area contributed by atoms with Crippen molar-refractivity contribution in [3.63, 3.8) is 0 Å². The molecule has 0 aliphatic carbocycles. The molecule has 2 heterocycles. The van der Waals surface area contributed by atoms with Crippen LogP contribution in [0.5, 0.6) is 0 Å². The molecule has 0 radical (unpaired) electrons. The molecule has 0 bridgehead atoms. The molecule has 0 spiro atoms. The van der Waals surface area contributed by atoms with Crippen molar-refractivity contribution in [2.45, 2.75) is 32.7 Å². The van der Waals surface area contributed by atoms with E-state index >= 15 is 0 Å². The summed E-state index contributed by atoms with van der Waals surface area (Å²) in [5.74, 6) is 1.03. The average Bonchev–Trinajstić information content (AvgIpc) is 2.62. The first-order chi connectivity index (χ1) is 7.11. The molecule has 1 aromatic heterocycles. The van der Waals surface area contributed by atoms with Gasteiger partial charge >= 0.3 is 0 Å². The largest absolute Gasteiger partial charge is 0.397 e. The Balaban J connectivity index is 2.40. The number of pyridine rings is 1. The molecular formula is C11H16BrN3. The average molecular weight is 270 g/mol. The van der Waals surface area contributed by atoms with Crippen LogP contribution in [0.2, 0.25) is 0 Å². The molecule has 2 N–H and O–H groups in total. The molecule has 4 heteroatoms. The highest BCUT2D eigenvalue weighted by molar-refractivity contribution is 9.10. The molecule has 3 nitrogen and oxygen atoms in total. The van der Waals surface area contributed by atoms with Gasteiger partial charge in [0.2, 0.25) is 0 Å². The van der Waals surface area contributed by atoms with Gasteiger partial charge in [-0.05, 0) is 48.2 Å². The fraction of sp³-hybridized carbons (Fsp3) is 0.545. The first kappa shape index (κ1) is 10.7. The number of nitrogens with zero attached hydrogens (tertiary/aromatic N) is 2. The summed E-state index contributed by atoms with van der Waals surface area (Å²) >= 11 is 3.58. The maximum absolute atomic E-state index is 5.81. The third-order valence-corrected chi connectivity index (χ3v) is 4.06. The van der Waals surface area contributed by atoms with Crippen molar-refractivity contribution < 1.29 is 0 Å². The Morgan fingerprint density at radius 3 is 2.93 bits per heavy atom. The number of hydrogen-bond donors (Lipinski definition) is 1. The monoisotopic (exact) mass is 269 g/mol. The molecule has 1 aromatic rings. The third-order valence-electron chi connectivity index (χ3n) is 3.11. The van der Waals surface area contributed by atoms with Gasteiger partial charge in [0.25, 0.3) is 0 Å². The molecule has 82 valence electrons. The molecule has 0 aromatic carbocycles. The summed E-state index contributed by atoms with van der Waals surface area (Å²) in [4.78, 5) is 6.77. The van der Waals surface area contributed by atoms with E-state index in [1.54, 1.807) is 6.20 Å². The van der Waals surface area contributed by atoms with Gasteiger partial charge in [0.1, 0.15) is 5.82 Å². The fourth-order valence-corrected chi connectivity index (χ4v) is 2.59. The lowest BCUT2D eigenvalue weighted by molar-refractivity contribution is 0.725. The summed E-state index contributed by atoms with van der Waals surface area (Å²) in [6, 6.07) is 0.580. The lowest BCUT2D eigenvalue weighted by atomic mass is 10.2. The van der Waals surface area contributed by atoms with Gasteiger partial charge in [0.05, 0.1) is 16.4 Å². The van der Waals surface area contributed by atoms with Crippen LogP contribution < -0.4 is 10.6 Å². The Morgan fingerprint density at radius 1 is 1.60 bits per heavy atom. The second kappa shape index (κ2) is 4.00. The molecule has 1 atom stereocenters. The van der Waals surface area contributed by atoms with Crippen LogP contribution in [0, 0.1) is 6.92 Å². The number of anilines is 2. The summed E-state index contributed by atoms with van der Waals surface area (Å²) in [5.41, 5.74) is 7.64. The van der Waals surface area contributed by atoms with Crippen molar-refractivity contribution in [3.05, 3.63) is 16.2 Å². The predicted molar refractivity (Wildman–Crippen MR) is 67.1 cm³/mol. The maximum Gasteiger partial charge on any atom is 0.143 e. The van der Waals surface area contributed by atoms with Crippen molar-refractivity contribution in [1.29, 1.82) is 0 Å². The van der Waals surface area contributed by atoms with Gasteiger partial charge in [0.15, 0.2) is 0 Å². The number of nitrogen functional groups attached to an aromatic ring is 1. The molecule has 0 saturated carbocycles. The van der Waals surface area contributed by atoms with Gasteiger partial charge in [-0.15, -0.1) is 0 Å². The lowest BCUT2D eigenvalue weighted by Gasteiger charge is -2.24. The van der Waals surface area contributed by atoms with Crippen LogP contribution in [0.4, 0.5) is 11.5 Å². The van der Waals surface area contributed by atoms with Gasteiger partial charge < -0.3 is 10.6 Å². The molecular weight excluding hydrogens is 254 g/mol. The Morgan fingerprint density at radius 2 is 2.33 bits per heavy atom. The molecule has 1 aliphatic heterocycles. The molecule has 1 unspecified atom stereocenters. The number of nitrogens with two attached hydrogens (primary N) is 1. The Kier molecular flexibility index (Phi) is 2.87. The summed E-state index contributed by atoms with van der Waals surface area (Å²) < 4.78 is 1.04. The van der Waals surface area contributed by atoms with Crippen molar-refractivity contribution in [3.8, 4) is 0 Å². The van der Waals surface area contributed by atoms with Crippen molar-refractivity contribution in [1.82, 2.24) is 4.98 Å². The number of hydrogen-bond acceptors (Lipinski definition) is 3. The summed E-state index contributed by atoms with van der Waals surface area (Å²) in [7, 11) is 0. The molecule has 15 heavy (non-hydrogen) atoms. The van der Waals surface area contributed by atoms with Crippen LogP contribution in [0.3, 0.4) is 0 Å². The molecule has 1 aliphatic rings. The SMILES string of the molecule is Cc1c(N)cnc(N2CCCC2C)c1Br. The minimum Gasteiger partial charge on any atom is -0.397 e. The van der Waals surface area contributed by atoms with Gasteiger partial charge in [-0.1, -0.05) is 0 Å². The highest BCUT2D eigenvalue weighted by Gasteiger charge is 2.24. The summed E-state index contributed by atoms with van der Waals surface area (Å²) in [6.45, 7) is 5.36. The van der Waals surface area contributed by atoms with E-state index in [4.69, 9.17) is 5.73 Å². The third kappa shape index (κ3) is 1.83. The summed E-state index contributed by atoms with van der Waals surface area (Å²) in [6.07, 6.45) is 4.25. The van der Waals surface area contributed by atoms with E-state index in [9.17, 15) is 0 Å². The van der Waals surface area contributed by atoms with E-state index in [0.29, 0.717) is 6.04 Å². The highest BCUT2D eigenvalue weighted by Crippen LogP contribution is 2.34. The predicted octanol–water partition coefficient (Wildman–Crippen LogP) is 2.72. The Hall–Kier alpha value is -0.770. The van der Waals surface area contributed by atoms with Gasteiger partial charge in [-0.25, -0.2) is 4.98 Å². The minimum absolute atomic E-state index is 0.580. The van der Waals surface area contributed by atoms with Crippen molar-refractivity contribution in [2.75, 3.05) is 17.2 Å². The van der Waals surface area contributed by atoms with E-state index in [-0.39, 0.29) is 0 Å². The number of aromatic nitrogens is 1. The fourth-order valence-electron chi connectivity index (χ4n) is 2.03. The van der Waals surface area contributed by atoms with Crippen LogP contribution in [0.1, 0.15) is 25.3 Å². The second-order valence-corrected chi connectivity index (χ2v) is 4.95. The van der Waals surface area contributed by atoms with Crippen LogP contribution >= 0.6 is 15.9 Å². The first-order valence-electron chi connectivity index (χ1n) is 5.28. The topological polar surface area (TPSA) is 42.1 Å². The van der Waals surface area contributed by atoms with E-state index < -0.39 is 0 Å². The van der Waals surface area contributed by atoms with Gasteiger partial charge in [-0.3, -0.25) is 0 Å². The van der Waals surface area contributed by atoms with E-state index in [1.807, 2.05) is 6.92 Å². The second-order valence-electron chi connectivity index (χ2n) is 4.16. The van der Waals surface area contributed by atoms with Gasteiger partial charge in [-0.2, -0.15) is 0 Å². The molecule has 1 saturated heterocycles. The van der Waals surface area contributed by atoms with Crippen LogP contribution in [-0.4, -0.2) is 17.6 Å². The zero-order valence-corrected chi connectivity index (χ0v) is 10.7. The van der Waals surface area contributed by atoms with E-state index in [1.165, 1.54) is 12.8 Å². The minimum atomic E-state index is 0.580. The lowest BCUT2D eigenvalue weighted by Crippen LogP contribution is -2.27. The molecule has 1 fully saturated rings. The first-order valence-corrected chi connectivity index (χ1v) is 6.07. The summed E-state index contributed by atoms with van der Waals surface area (Å²) in [5, 5.41) is 0. The van der Waals surface area contributed by atoms with Crippen molar-refractivity contribution >= 4 is 27.4 Å².